The van der Waals surface area contributed by atoms with E-state index in [-0.39, 0.29) is 0 Å². The van der Waals surface area contributed by atoms with Crippen LogP contribution in [0.4, 0.5) is 5.82 Å². The number of benzene rings is 2. The highest BCUT2D eigenvalue weighted by Crippen LogP contribution is 2.30. The molecule has 0 atom stereocenters. The van der Waals surface area contributed by atoms with Crippen molar-refractivity contribution < 1.29 is 0 Å². The lowest BCUT2D eigenvalue weighted by Gasteiger charge is -2.08. The highest BCUT2D eigenvalue weighted by molar-refractivity contribution is 5.98. The number of aliphatic imine (C=N–C) groups is 1. The highest BCUT2D eigenvalue weighted by atomic mass is 15.0. The zero-order chi connectivity index (χ0) is 16.2. The molecule has 0 unspecified atom stereocenters. The van der Waals surface area contributed by atoms with Gasteiger partial charge in [0.25, 0.3) is 0 Å². The van der Waals surface area contributed by atoms with Gasteiger partial charge in [0, 0.05) is 10.9 Å². The molecule has 0 bridgehead atoms. The second-order valence-electron chi connectivity index (χ2n) is 5.32. The Morgan fingerprint density at radius 3 is 2.70 bits per heavy atom. The SMILES string of the molecule is Cc1cccc(-c2nc(/N=C(N)\C=C/N)cc3ccccc23)c1. The van der Waals surface area contributed by atoms with E-state index in [9.17, 15) is 0 Å². The van der Waals surface area contributed by atoms with Crippen LogP contribution in [0.3, 0.4) is 0 Å². The lowest BCUT2D eigenvalue weighted by Crippen LogP contribution is -2.07. The van der Waals surface area contributed by atoms with Gasteiger partial charge in [0.1, 0.15) is 5.84 Å². The Kier molecular flexibility index (Phi) is 4.06. The van der Waals surface area contributed by atoms with Crippen molar-refractivity contribution in [2.75, 3.05) is 0 Å². The molecule has 0 fully saturated rings. The molecule has 0 aliphatic heterocycles. The minimum atomic E-state index is 0.325. The molecule has 4 N–H and O–H groups in total. The van der Waals surface area contributed by atoms with Gasteiger partial charge in [-0.1, -0.05) is 48.0 Å². The number of aromatic nitrogens is 1. The van der Waals surface area contributed by atoms with Crippen LogP contribution >= 0.6 is 0 Å². The Bertz CT molecular complexity index is 910. The Morgan fingerprint density at radius 1 is 1.09 bits per heavy atom. The van der Waals surface area contributed by atoms with Crippen LogP contribution in [-0.2, 0) is 0 Å². The molecule has 2 aromatic carbocycles. The van der Waals surface area contributed by atoms with Crippen LogP contribution in [0.1, 0.15) is 5.56 Å². The maximum absolute atomic E-state index is 5.82. The van der Waals surface area contributed by atoms with Crippen molar-refractivity contribution in [3.05, 3.63) is 72.4 Å². The monoisotopic (exact) mass is 302 g/mol. The van der Waals surface area contributed by atoms with E-state index in [1.165, 1.54) is 11.8 Å². The second-order valence-corrected chi connectivity index (χ2v) is 5.32. The predicted octanol–water partition coefficient (Wildman–Crippen LogP) is 3.67. The Labute approximate surface area is 135 Å². The van der Waals surface area contributed by atoms with E-state index in [1.54, 1.807) is 6.08 Å². The molecule has 0 spiro atoms. The van der Waals surface area contributed by atoms with Crippen molar-refractivity contribution >= 4 is 22.4 Å². The summed E-state index contributed by atoms with van der Waals surface area (Å²) in [5.41, 5.74) is 14.3. The fourth-order valence-corrected chi connectivity index (χ4v) is 2.52. The van der Waals surface area contributed by atoms with E-state index < -0.39 is 0 Å². The van der Waals surface area contributed by atoms with E-state index in [0.29, 0.717) is 11.7 Å². The minimum Gasteiger partial charge on any atom is -0.404 e. The van der Waals surface area contributed by atoms with Crippen molar-refractivity contribution in [2.24, 2.45) is 16.5 Å². The van der Waals surface area contributed by atoms with Crippen LogP contribution in [0.5, 0.6) is 0 Å². The molecule has 4 nitrogen and oxygen atoms in total. The minimum absolute atomic E-state index is 0.325. The summed E-state index contributed by atoms with van der Waals surface area (Å²) in [6.07, 6.45) is 2.91. The molecule has 4 heteroatoms. The van der Waals surface area contributed by atoms with E-state index in [4.69, 9.17) is 16.5 Å². The van der Waals surface area contributed by atoms with E-state index in [1.807, 2.05) is 30.3 Å². The third kappa shape index (κ3) is 3.21. The van der Waals surface area contributed by atoms with Gasteiger partial charge in [-0.3, -0.25) is 0 Å². The fraction of sp³-hybridized carbons (Fsp3) is 0.0526. The molecule has 0 radical (unpaired) electrons. The number of nitrogens with zero attached hydrogens (tertiary/aromatic N) is 2. The van der Waals surface area contributed by atoms with Crippen LogP contribution in [-0.4, -0.2) is 10.8 Å². The van der Waals surface area contributed by atoms with Gasteiger partial charge in [-0.2, -0.15) is 0 Å². The molecule has 0 amide bonds. The maximum atomic E-state index is 5.82. The third-order valence-corrected chi connectivity index (χ3v) is 3.53. The summed E-state index contributed by atoms with van der Waals surface area (Å²) in [5, 5.41) is 2.16. The fourth-order valence-electron chi connectivity index (χ4n) is 2.52. The number of fused-ring (bicyclic) bond motifs is 1. The predicted molar refractivity (Wildman–Crippen MR) is 96.5 cm³/mol. The molecule has 0 aliphatic carbocycles. The van der Waals surface area contributed by atoms with Gasteiger partial charge < -0.3 is 11.5 Å². The Balaban J connectivity index is 2.25. The number of hydrogen-bond donors (Lipinski definition) is 2. The van der Waals surface area contributed by atoms with Gasteiger partial charge >= 0.3 is 0 Å². The molecule has 1 heterocycles. The lowest BCUT2D eigenvalue weighted by molar-refractivity contribution is 1.29. The second kappa shape index (κ2) is 6.32. The molecule has 3 aromatic rings. The van der Waals surface area contributed by atoms with Crippen molar-refractivity contribution in [3.63, 3.8) is 0 Å². The first-order valence-electron chi connectivity index (χ1n) is 7.36. The molecular weight excluding hydrogens is 284 g/mol. The molecular formula is C19H18N4. The van der Waals surface area contributed by atoms with E-state index in [0.717, 1.165) is 22.0 Å². The summed E-state index contributed by atoms with van der Waals surface area (Å²) in [4.78, 5) is 9.02. The summed E-state index contributed by atoms with van der Waals surface area (Å²) in [6, 6.07) is 18.3. The van der Waals surface area contributed by atoms with Crippen LogP contribution in [0.15, 0.2) is 71.9 Å². The van der Waals surface area contributed by atoms with Crippen LogP contribution in [0, 0.1) is 6.92 Å². The highest BCUT2D eigenvalue weighted by Gasteiger charge is 2.08. The molecule has 3 rings (SSSR count). The van der Waals surface area contributed by atoms with Crippen LogP contribution in [0.25, 0.3) is 22.0 Å². The quantitative estimate of drug-likeness (QED) is 0.572. The molecule has 23 heavy (non-hydrogen) atoms. The average Bonchev–Trinajstić information content (AvgIpc) is 2.54. The van der Waals surface area contributed by atoms with Crippen molar-refractivity contribution in [3.8, 4) is 11.3 Å². The number of nitrogens with two attached hydrogens (primary N) is 2. The van der Waals surface area contributed by atoms with Crippen LogP contribution < -0.4 is 11.5 Å². The van der Waals surface area contributed by atoms with Crippen molar-refractivity contribution in [1.82, 2.24) is 4.98 Å². The van der Waals surface area contributed by atoms with E-state index in [2.05, 4.69) is 36.2 Å². The summed E-state index contributed by atoms with van der Waals surface area (Å²) >= 11 is 0. The first-order valence-corrected chi connectivity index (χ1v) is 7.36. The number of pyridine rings is 1. The van der Waals surface area contributed by atoms with Gasteiger partial charge in [-0.05, 0) is 36.7 Å². The number of hydrogen-bond acceptors (Lipinski definition) is 3. The summed E-state index contributed by atoms with van der Waals surface area (Å²) in [7, 11) is 0. The Hall–Kier alpha value is -3.14. The smallest absolute Gasteiger partial charge is 0.155 e. The first-order chi connectivity index (χ1) is 11.2. The zero-order valence-electron chi connectivity index (χ0n) is 12.9. The summed E-state index contributed by atoms with van der Waals surface area (Å²) < 4.78 is 0. The van der Waals surface area contributed by atoms with Gasteiger partial charge in [0.2, 0.25) is 0 Å². The molecule has 0 saturated carbocycles. The largest absolute Gasteiger partial charge is 0.404 e. The zero-order valence-corrected chi connectivity index (χ0v) is 12.9. The number of rotatable bonds is 3. The number of aryl methyl sites for hydroxylation is 1. The lowest BCUT2D eigenvalue weighted by atomic mass is 10.0. The van der Waals surface area contributed by atoms with Crippen molar-refractivity contribution in [2.45, 2.75) is 6.92 Å². The van der Waals surface area contributed by atoms with Gasteiger partial charge in [0.05, 0.1) is 5.69 Å². The molecule has 114 valence electrons. The first kappa shape index (κ1) is 14.8. The maximum Gasteiger partial charge on any atom is 0.155 e. The third-order valence-electron chi connectivity index (χ3n) is 3.53. The van der Waals surface area contributed by atoms with Gasteiger partial charge in [-0.25, -0.2) is 9.98 Å². The molecule has 0 saturated heterocycles. The normalized spacial score (nSPS) is 12.1. The summed E-state index contributed by atoms with van der Waals surface area (Å²) in [5.74, 6) is 0.890. The van der Waals surface area contributed by atoms with Crippen molar-refractivity contribution in [1.29, 1.82) is 0 Å². The molecule has 0 aliphatic rings. The van der Waals surface area contributed by atoms with Gasteiger partial charge in [-0.15, -0.1) is 0 Å². The molecule has 1 aromatic heterocycles. The summed E-state index contributed by atoms with van der Waals surface area (Å²) in [6.45, 7) is 2.07. The number of amidine groups is 1. The van der Waals surface area contributed by atoms with Gasteiger partial charge in [0.15, 0.2) is 5.82 Å². The van der Waals surface area contributed by atoms with E-state index >= 15 is 0 Å². The van der Waals surface area contributed by atoms with Crippen LogP contribution in [0.2, 0.25) is 0 Å². The topological polar surface area (TPSA) is 77.3 Å². The average molecular weight is 302 g/mol. The standard InChI is InChI=1S/C19H18N4/c1-13-5-4-7-15(11-13)19-16-8-3-2-6-14(16)12-18(23-19)22-17(21)9-10-20/h2-12H,20H2,1H3,(H2,21,22,23)/b10-9-. The Morgan fingerprint density at radius 2 is 1.91 bits per heavy atom.